The highest BCUT2D eigenvalue weighted by Crippen LogP contribution is 2.16. The quantitative estimate of drug-likeness (QED) is 0.657. The van der Waals surface area contributed by atoms with E-state index in [1.54, 1.807) is 6.92 Å². The molecule has 5 nitrogen and oxygen atoms in total. The van der Waals surface area contributed by atoms with Gasteiger partial charge in [-0.3, -0.25) is 4.79 Å². The number of carbonyl (C=O) groups is 2. The Kier molecular flexibility index (Phi) is 5.80. The van der Waals surface area contributed by atoms with Crippen LogP contribution in [0.15, 0.2) is 0 Å². The first kappa shape index (κ1) is 13.8. The molecule has 1 fully saturated rings. The first-order valence-corrected chi connectivity index (χ1v) is 6.36. The predicted octanol–water partition coefficient (Wildman–Crippen LogP) is 1.73. The van der Waals surface area contributed by atoms with Crippen molar-refractivity contribution in [1.82, 2.24) is 10.6 Å². The molecule has 98 valence electrons. The molecule has 1 saturated carbocycles. The second-order valence-corrected chi connectivity index (χ2v) is 4.78. The lowest BCUT2D eigenvalue weighted by molar-refractivity contribution is -0.140. The molecule has 0 spiro atoms. The summed E-state index contributed by atoms with van der Waals surface area (Å²) in [7, 11) is 0. The molecule has 1 rings (SSSR count). The predicted molar refractivity (Wildman–Crippen MR) is 64.8 cm³/mol. The SMILES string of the molecule is CC(CNC(=O)NC1CCCCCC1)C(=O)O. The highest BCUT2D eigenvalue weighted by molar-refractivity contribution is 5.75. The molecule has 1 unspecified atom stereocenters. The van der Waals surface area contributed by atoms with Crippen LogP contribution < -0.4 is 10.6 Å². The largest absolute Gasteiger partial charge is 0.481 e. The summed E-state index contributed by atoms with van der Waals surface area (Å²) in [5.41, 5.74) is 0. The van der Waals surface area contributed by atoms with Gasteiger partial charge in [-0.05, 0) is 12.8 Å². The van der Waals surface area contributed by atoms with Crippen molar-refractivity contribution < 1.29 is 14.7 Å². The number of amides is 2. The number of carbonyl (C=O) groups excluding carboxylic acids is 1. The van der Waals surface area contributed by atoms with Gasteiger partial charge < -0.3 is 15.7 Å². The van der Waals surface area contributed by atoms with Gasteiger partial charge in [0.05, 0.1) is 5.92 Å². The zero-order chi connectivity index (χ0) is 12.7. The number of hydrogen-bond acceptors (Lipinski definition) is 2. The standard InChI is InChI=1S/C12H22N2O3/c1-9(11(15)16)8-13-12(17)14-10-6-4-2-3-5-7-10/h9-10H,2-8H2,1H3,(H,15,16)(H2,13,14,17). The van der Waals surface area contributed by atoms with Gasteiger partial charge in [-0.1, -0.05) is 32.6 Å². The maximum Gasteiger partial charge on any atom is 0.315 e. The normalized spacial score (nSPS) is 19.1. The summed E-state index contributed by atoms with van der Waals surface area (Å²) in [6.07, 6.45) is 6.88. The number of aliphatic carboxylic acids is 1. The molecule has 3 N–H and O–H groups in total. The average Bonchev–Trinajstić information content (AvgIpc) is 2.54. The van der Waals surface area contributed by atoms with Gasteiger partial charge in [-0.25, -0.2) is 4.79 Å². The van der Waals surface area contributed by atoms with Crippen molar-refractivity contribution >= 4 is 12.0 Å². The molecular formula is C12H22N2O3. The van der Waals surface area contributed by atoms with Gasteiger partial charge in [-0.2, -0.15) is 0 Å². The lowest BCUT2D eigenvalue weighted by Crippen LogP contribution is -2.44. The molecule has 0 heterocycles. The van der Waals surface area contributed by atoms with Gasteiger partial charge in [0.2, 0.25) is 0 Å². The molecular weight excluding hydrogens is 220 g/mol. The summed E-state index contributed by atoms with van der Waals surface area (Å²) in [6, 6.07) is 0.00244. The van der Waals surface area contributed by atoms with Crippen LogP contribution in [0.1, 0.15) is 45.4 Å². The summed E-state index contributed by atoms with van der Waals surface area (Å²) >= 11 is 0. The van der Waals surface area contributed by atoms with Crippen molar-refractivity contribution in [2.45, 2.75) is 51.5 Å². The lowest BCUT2D eigenvalue weighted by Gasteiger charge is -2.17. The second-order valence-electron chi connectivity index (χ2n) is 4.78. The topological polar surface area (TPSA) is 78.4 Å². The fourth-order valence-corrected chi connectivity index (χ4v) is 1.99. The van der Waals surface area contributed by atoms with Crippen molar-refractivity contribution in [3.8, 4) is 0 Å². The molecule has 0 radical (unpaired) electrons. The van der Waals surface area contributed by atoms with E-state index in [0.717, 1.165) is 25.7 Å². The molecule has 0 aromatic heterocycles. The molecule has 0 saturated heterocycles. The van der Waals surface area contributed by atoms with Crippen molar-refractivity contribution in [2.75, 3.05) is 6.54 Å². The van der Waals surface area contributed by atoms with Gasteiger partial charge in [0.25, 0.3) is 0 Å². The van der Waals surface area contributed by atoms with E-state index in [1.165, 1.54) is 12.8 Å². The Bertz CT molecular complexity index is 260. The second kappa shape index (κ2) is 7.14. The molecule has 1 aliphatic rings. The Morgan fingerprint density at radius 2 is 1.82 bits per heavy atom. The summed E-state index contributed by atoms with van der Waals surface area (Å²) in [5.74, 6) is -1.44. The first-order valence-electron chi connectivity index (χ1n) is 6.36. The highest BCUT2D eigenvalue weighted by atomic mass is 16.4. The summed E-state index contributed by atoms with van der Waals surface area (Å²) in [4.78, 5) is 22.1. The first-order chi connectivity index (χ1) is 8.09. The van der Waals surface area contributed by atoms with Crippen molar-refractivity contribution in [2.24, 2.45) is 5.92 Å². The van der Waals surface area contributed by atoms with E-state index >= 15 is 0 Å². The van der Waals surface area contributed by atoms with Gasteiger partial charge in [0, 0.05) is 12.6 Å². The van der Waals surface area contributed by atoms with E-state index < -0.39 is 11.9 Å². The minimum absolute atomic E-state index is 0.174. The number of hydrogen-bond donors (Lipinski definition) is 3. The van der Waals surface area contributed by atoms with Crippen LogP contribution in [-0.4, -0.2) is 29.7 Å². The third-order valence-corrected chi connectivity index (χ3v) is 3.18. The molecule has 17 heavy (non-hydrogen) atoms. The number of urea groups is 1. The fourth-order valence-electron chi connectivity index (χ4n) is 1.99. The van der Waals surface area contributed by atoms with E-state index in [4.69, 9.17) is 5.11 Å². The van der Waals surface area contributed by atoms with Gasteiger partial charge >= 0.3 is 12.0 Å². The zero-order valence-corrected chi connectivity index (χ0v) is 10.4. The molecule has 2 amide bonds. The molecule has 0 aromatic carbocycles. The lowest BCUT2D eigenvalue weighted by atomic mass is 10.1. The van der Waals surface area contributed by atoms with Gasteiger partial charge in [0.1, 0.15) is 0 Å². The summed E-state index contributed by atoms with van der Waals surface area (Å²) < 4.78 is 0. The van der Waals surface area contributed by atoms with Gasteiger partial charge in [-0.15, -0.1) is 0 Å². The van der Waals surface area contributed by atoms with E-state index in [0.29, 0.717) is 0 Å². The van der Waals surface area contributed by atoms with Crippen LogP contribution in [0.25, 0.3) is 0 Å². The van der Waals surface area contributed by atoms with Crippen molar-refractivity contribution in [1.29, 1.82) is 0 Å². The monoisotopic (exact) mass is 242 g/mol. The zero-order valence-electron chi connectivity index (χ0n) is 10.4. The average molecular weight is 242 g/mol. The van der Waals surface area contributed by atoms with Crippen LogP contribution in [-0.2, 0) is 4.79 Å². The van der Waals surface area contributed by atoms with Crippen LogP contribution in [0.3, 0.4) is 0 Å². The third kappa shape index (κ3) is 5.56. The Balaban J connectivity index is 2.21. The molecule has 0 aromatic rings. The van der Waals surface area contributed by atoms with Crippen LogP contribution in [0.5, 0.6) is 0 Å². The van der Waals surface area contributed by atoms with E-state index in [-0.39, 0.29) is 18.6 Å². The molecule has 5 heteroatoms. The van der Waals surface area contributed by atoms with Crippen molar-refractivity contribution in [3.63, 3.8) is 0 Å². The smallest absolute Gasteiger partial charge is 0.315 e. The Morgan fingerprint density at radius 1 is 1.24 bits per heavy atom. The minimum Gasteiger partial charge on any atom is -0.481 e. The maximum absolute atomic E-state index is 11.5. The summed E-state index contributed by atoms with van der Waals surface area (Å²) in [6.45, 7) is 1.75. The third-order valence-electron chi connectivity index (χ3n) is 3.18. The van der Waals surface area contributed by atoms with E-state index in [2.05, 4.69) is 10.6 Å². The molecule has 1 atom stereocenters. The minimum atomic E-state index is -0.889. The number of carboxylic acids is 1. The molecule has 0 aliphatic heterocycles. The van der Waals surface area contributed by atoms with Crippen LogP contribution in [0.4, 0.5) is 4.79 Å². The molecule has 1 aliphatic carbocycles. The Hall–Kier alpha value is -1.26. The number of nitrogens with one attached hydrogen (secondary N) is 2. The van der Waals surface area contributed by atoms with Crippen molar-refractivity contribution in [3.05, 3.63) is 0 Å². The molecule has 0 bridgehead atoms. The van der Waals surface area contributed by atoms with Crippen LogP contribution in [0, 0.1) is 5.92 Å². The number of carboxylic acid groups (broad SMARTS) is 1. The highest BCUT2D eigenvalue weighted by Gasteiger charge is 2.16. The van der Waals surface area contributed by atoms with Crippen LogP contribution >= 0.6 is 0 Å². The van der Waals surface area contributed by atoms with Crippen LogP contribution in [0.2, 0.25) is 0 Å². The van der Waals surface area contributed by atoms with Gasteiger partial charge in [0.15, 0.2) is 0 Å². The summed E-state index contributed by atoms with van der Waals surface area (Å²) in [5, 5.41) is 14.2. The fraction of sp³-hybridized carbons (Fsp3) is 0.833. The number of rotatable bonds is 4. The van der Waals surface area contributed by atoms with E-state index in [1.807, 2.05) is 0 Å². The van der Waals surface area contributed by atoms with E-state index in [9.17, 15) is 9.59 Å². The maximum atomic E-state index is 11.5. The Morgan fingerprint density at radius 3 is 2.35 bits per heavy atom. The Labute approximate surface area is 102 Å².